The summed E-state index contributed by atoms with van der Waals surface area (Å²) in [5.41, 5.74) is 1.36. The summed E-state index contributed by atoms with van der Waals surface area (Å²) < 4.78 is 5.77. The second-order valence-electron chi connectivity index (χ2n) is 5.21. The van der Waals surface area contributed by atoms with Crippen LogP contribution in [0.1, 0.15) is 23.8 Å². The second-order valence-corrected chi connectivity index (χ2v) is 5.61. The molecule has 0 amide bonds. The van der Waals surface area contributed by atoms with Crippen LogP contribution in [-0.2, 0) is 5.60 Å². The predicted molar refractivity (Wildman–Crippen MR) is 81.1 cm³/mol. The van der Waals surface area contributed by atoms with Crippen molar-refractivity contribution in [3.8, 4) is 0 Å². The van der Waals surface area contributed by atoms with Gasteiger partial charge in [0.25, 0.3) is 0 Å². The van der Waals surface area contributed by atoms with E-state index in [1.807, 2.05) is 49.4 Å². The third-order valence-electron chi connectivity index (χ3n) is 3.59. The predicted octanol–water partition coefficient (Wildman–Crippen LogP) is 4.65. The van der Waals surface area contributed by atoms with E-state index < -0.39 is 5.60 Å². The van der Waals surface area contributed by atoms with E-state index in [0.717, 1.165) is 16.5 Å². The van der Waals surface area contributed by atoms with Crippen LogP contribution < -0.4 is 0 Å². The summed E-state index contributed by atoms with van der Waals surface area (Å²) in [6.07, 6.45) is 0. The fourth-order valence-corrected chi connectivity index (χ4v) is 2.51. The molecule has 0 saturated heterocycles. The fourth-order valence-electron chi connectivity index (χ4n) is 2.29. The Morgan fingerprint density at radius 3 is 2.45 bits per heavy atom. The molecular weight excluding hydrogens is 272 g/mol. The fraction of sp³-hybridized carbons (Fsp3) is 0.176. The van der Waals surface area contributed by atoms with Crippen molar-refractivity contribution in [2.24, 2.45) is 0 Å². The Bertz CT molecular complexity index is 754. The summed E-state index contributed by atoms with van der Waals surface area (Å²) >= 11 is 6.11. The lowest BCUT2D eigenvalue weighted by Gasteiger charge is -2.21. The van der Waals surface area contributed by atoms with Crippen molar-refractivity contribution in [1.29, 1.82) is 0 Å². The average Bonchev–Trinajstić information content (AvgIpc) is 2.85. The first kappa shape index (κ1) is 13.2. The molecule has 1 N–H and O–H groups in total. The van der Waals surface area contributed by atoms with Gasteiger partial charge in [-0.25, -0.2) is 0 Å². The Hall–Kier alpha value is -1.77. The molecule has 3 rings (SSSR count). The Morgan fingerprint density at radius 2 is 1.80 bits per heavy atom. The largest absolute Gasteiger partial charge is 0.456 e. The molecule has 0 aliphatic carbocycles. The summed E-state index contributed by atoms with van der Waals surface area (Å²) in [6, 6.07) is 15.1. The van der Waals surface area contributed by atoms with Gasteiger partial charge in [-0.2, -0.15) is 0 Å². The number of hydrogen-bond donors (Lipinski definition) is 1. The highest BCUT2D eigenvalue weighted by molar-refractivity contribution is 6.34. The van der Waals surface area contributed by atoms with E-state index in [1.54, 1.807) is 13.0 Å². The number of aryl methyl sites for hydroxylation is 1. The number of benzene rings is 2. The minimum absolute atomic E-state index is 0.490. The van der Waals surface area contributed by atoms with E-state index in [2.05, 4.69) is 0 Å². The maximum absolute atomic E-state index is 10.8. The van der Waals surface area contributed by atoms with E-state index in [0.29, 0.717) is 16.4 Å². The van der Waals surface area contributed by atoms with E-state index in [1.165, 1.54) is 0 Å². The molecule has 1 atom stereocenters. The summed E-state index contributed by atoms with van der Waals surface area (Å²) in [4.78, 5) is 0. The first-order chi connectivity index (χ1) is 9.48. The average molecular weight is 287 g/mol. The maximum atomic E-state index is 10.8. The molecule has 102 valence electrons. The number of aliphatic hydroxyl groups is 1. The molecule has 1 heterocycles. The third kappa shape index (κ3) is 2.11. The maximum Gasteiger partial charge on any atom is 0.153 e. The van der Waals surface area contributed by atoms with E-state index in [9.17, 15) is 5.11 Å². The monoisotopic (exact) mass is 286 g/mol. The van der Waals surface area contributed by atoms with Crippen LogP contribution in [0.3, 0.4) is 0 Å². The Labute approximate surface area is 122 Å². The Morgan fingerprint density at radius 1 is 1.10 bits per heavy atom. The lowest BCUT2D eigenvalue weighted by molar-refractivity contribution is 0.0786. The molecule has 0 fully saturated rings. The van der Waals surface area contributed by atoms with Gasteiger partial charge < -0.3 is 9.52 Å². The highest BCUT2D eigenvalue weighted by Gasteiger charge is 2.29. The van der Waals surface area contributed by atoms with Crippen molar-refractivity contribution in [1.82, 2.24) is 0 Å². The van der Waals surface area contributed by atoms with Gasteiger partial charge in [0.2, 0.25) is 0 Å². The number of hydrogen-bond acceptors (Lipinski definition) is 2. The van der Waals surface area contributed by atoms with Crippen LogP contribution in [0.15, 0.2) is 52.9 Å². The van der Waals surface area contributed by atoms with Crippen molar-refractivity contribution in [3.05, 3.63) is 70.4 Å². The molecule has 0 aliphatic heterocycles. The first-order valence-corrected chi connectivity index (χ1v) is 6.84. The number of halogens is 1. The molecular formula is C17H15ClO2. The van der Waals surface area contributed by atoms with Crippen LogP contribution in [0.4, 0.5) is 0 Å². The van der Waals surface area contributed by atoms with Gasteiger partial charge in [-0.1, -0.05) is 53.6 Å². The van der Waals surface area contributed by atoms with Crippen LogP contribution >= 0.6 is 11.6 Å². The standard InChI is InChI=1S/C17H15ClO2/c1-11-6-8-13(9-7-11)17(2,19)15-10-12-4-3-5-14(18)16(12)20-15/h3-10,19H,1-2H3. The molecule has 0 saturated carbocycles. The normalized spacial score (nSPS) is 14.4. The van der Waals surface area contributed by atoms with E-state index in [-0.39, 0.29) is 0 Å². The summed E-state index contributed by atoms with van der Waals surface area (Å²) in [6.45, 7) is 3.74. The van der Waals surface area contributed by atoms with Crippen molar-refractivity contribution in [2.75, 3.05) is 0 Å². The molecule has 1 aromatic heterocycles. The number of furan rings is 1. The lowest BCUT2D eigenvalue weighted by Crippen LogP contribution is -2.21. The summed E-state index contributed by atoms with van der Waals surface area (Å²) in [5.74, 6) is 0.490. The van der Waals surface area contributed by atoms with Crippen molar-refractivity contribution < 1.29 is 9.52 Å². The molecule has 0 bridgehead atoms. The highest BCUT2D eigenvalue weighted by Crippen LogP contribution is 2.35. The quantitative estimate of drug-likeness (QED) is 0.744. The van der Waals surface area contributed by atoms with Crippen LogP contribution in [-0.4, -0.2) is 5.11 Å². The van der Waals surface area contributed by atoms with Gasteiger partial charge >= 0.3 is 0 Å². The Kier molecular flexibility index (Phi) is 3.08. The van der Waals surface area contributed by atoms with Gasteiger partial charge in [0.1, 0.15) is 11.4 Å². The molecule has 3 aromatic rings. The van der Waals surface area contributed by atoms with Gasteiger partial charge in [0, 0.05) is 5.39 Å². The summed E-state index contributed by atoms with van der Waals surface area (Å²) in [5, 5.41) is 12.2. The molecule has 1 unspecified atom stereocenters. The SMILES string of the molecule is Cc1ccc(C(C)(O)c2cc3cccc(Cl)c3o2)cc1. The molecule has 3 heteroatoms. The molecule has 2 aromatic carbocycles. The highest BCUT2D eigenvalue weighted by atomic mass is 35.5. The molecule has 0 spiro atoms. The van der Waals surface area contributed by atoms with Crippen LogP contribution in [0.5, 0.6) is 0 Å². The van der Waals surface area contributed by atoms with E-state index in [4.69, 9.17) is 16.0 Å². The van der Waals surface area contributed by atoms with Gasteiger partial charge in [-0.3, -0.25) is 0 Å². The lowest BCUT2D eigenvalue weighted by atomic mass is 9.92. The molecule has 0 radical (unpaired) electrons. The van der Waals surface area contributed by atoms with Crippen LogP contribution in [0.2, 0.25) is 5.02 Å². The van der Waals surface area contributed by atoms with Gasteiger partial charge in [0.05, 0.1) is 5.02 Å². The van der Waals surface area contributed by atoms with Crippen molar-refractivity contribution in [3.63, 3.8) is 0 Å². The minimum atomic E-state index is -1.18. The van der Waals surface area contributed by atoms with Gasteiger partial charge in [0.15, 0.2) is 5.58 Å². The molecule has 2 nitrogen and oxygen atoms in total. The minimum Gasteiger partial charge on any atom is -0.456 e. The number of rotatable bonds is 2. The number of fused-ring (bicyclic) bond motifs is 1. The number of para-hydroxylation sites is 1. The molecule has 0 aliphatic rings. The van der Waals surface area contributed by atoms with Gasteiger partial charge in [-0.05, 0) is 31.5 Å². The second kappa shape index (κ2) is 4.65. The van der Waals surface area contributed by atoms with Crippen molar-refractivity contribution >= 4 is 22.6 Å². The van der Waals surface area contributed by atoms with Gasteiger partial charge in [-0.15, -0.1) is 0 Å². The van der Waals surface area contributed by atoms with Crippen LogP contribution in [0.25, 0.3) is 11.0 Å². The summed E-state index contributed by atoms with van der Waals surface area (Å²) in [7, 11) is 0. The smallest absolute Gasteiger partial charge is 0.153 e. The zero-order valence-corrected chi connectivity index (χ0v) is 12.1. The topological polar surface area (TPSA) is 33.4 Å². The zero-order valence-electron chi connectivity index (χ0n) is 11.4. The zero-order chi connectivity index (χ0) is 14.3. The van der Waals surface area contributed by atoms with E-state index >= 15 is 0 Å². The third-order valence-corrected chi connectivity index (χ3v) is 3.89. The molecule has 20 heavy (non-hydrogen) atoms. The van der Waals surface area contributed by atoms with Crippen molar-refractivity contribution in [2.45, 2.75) is 19.4 Å². The van der Waals surface area contributed by atoms with Crippen LogP contribution in [0, 0.1) is 6.92 Å². The Balaban J connectivity index is 2.13. The first-order valence-electron chi connectivity index (χ1n) is 6.46.